The Morgan fingerprint density at radius 2 is 1.56 bits per heavy atom. The molecule has 0 aromatic heterocycles. The summed E-state index contributed by atoms with van der Waals surface area (Å²) in [4.78, 5) is 25.5. The van der Waals surface area contributed by atoms with Gasteiger partial charge in [-0.05, 0) is 74.5 Å². The Labute approximate surface area is 152 Å². The summed E-state index contributed by atoms with van der Waals surface area (Å²) in [6.45, 7) is 4.28. The van der Waals surface area contributed by atoms with Gasteiger partial charge in [-0.2, -0.15) is 0 Å². The van der Waals surface area contributed by atoms with Crippen molar-refractivity contribution in [3.05, 3.63) is 34.4 Å². The Morgan fingerprint density at radius 1 is 0.960 bits per heavy atom. The molecule has 3 heteroatoms. The van der Waals surface area contributed by atoms with Crippen molar-refractivity contribution >= 4 is 11.8 Å². The lowest BCUT2D eigenvalue weighted by Crippen LogP contribution is -2.20. The largest absolute Gasteiger partial charge is 0.462 e. The molecule has 3 nitrogen and oxygen atoms in total. The maximum Gasteiger partial charge on any atom is 0.342 e. The Morgan fingerprint density at radius 3 is 2.00 bits per heavy atom. The Bertz CT molecular complexity index is 550. The summed E-state index contributed by atoms with van der Waals surface area (Å²) in [6.07, 6.45) is 15.2. The third kappa shape index (κ3) is 5.42. The van der Waals surface area contributed by atoms with Crippen LogP contribution in [0.5, 0.6) is 0 Å². The SMILES string of the molecule is CCCCOC(=O)C(C(=O)CC)=C(C1=CCCCC1)C1=CCCCC1. The van der Waals surface area contributed by atoms with E-state index < -0.39 is 5.97 Å². The number of unbranched alkanes of at least 4 members (excludes halogenated alkanes) is 1. The van der Waals surface area contributed by atoms with Crippen molar-refractivity contribution in [1.29, 1.82) is 0 Å². The third-order valence-corrected chi connectivity index (χ3v) is 5.01. The minimum Gasteiger partial charge on any atom is -0.462 e. The number of carbonyl (C=O) groups excluding carboxylic acids is 2. The minimum atomic E-state index is -0.423. The van der Waals surface area contributed by atoms with Crippen LogP contribution in [0.3, 0.4) is 0 Å². The standard InChI is InChI=1S/C22H32O3/c1-3-5-16-25-22(24)21(19(23)4-2)20(17-12-8-6-9-13-17)18-14-10-7-11-15-18/h12,14H,3-11,13,15-16H2,1-2H3. The zero-order valence-corrected chi connectivity index (χ0v) is 15.9. The minimum absolute atomic E-state index is 0.0885. The number of hydrogen-bond donors (Lipinski definition) is 0. The van der Waals surface area contributed by atoms with Crippen LogP contribution >= 0.6 is 0 Å². The highest BCUT2D eigenvalue weighted by atomic mass is 16.5. The van der Waals surface area contributed by atoms with Gasteiger partial charge in [-0.1, -0.05) is 32.4 Å². The molecule has 0 heterocycles. The van der Waals surface area contributed by atoms with Crippen LogP contribution in [0.1, 0.15) is 84.5 Å². The topological polar surface area (TPSA) is 43.4 Å². The molecule has 0 radical (unpaired) electrons. The molecule has 0 saturated heterocycles. The van der Waals surface area contributed by atoms with Gasteiger partial charge in [0.15, 0.2) is 5.78 Å². The molecule has 2 rings (SSSR count). The van der Waals surface area contributed by atoms with E-state index in [0.29, 0.717) is 18.6 Å². The first kappa shape index (κ1) is 19.7. The summed E-state index contributed by atoms with van der Waals surface area (Å²) < 4.78 is 5.46. The van der Waals surface area contributed by atoms with Crippen molar-refractivity contribution in [2.75, 3.05) is 6.61 Å². The third-order valence-electron chi connectivity index (χ3n) is 5.01. The molecule has 0 aromatic carbocycles. The zero-order valence-electron chi connectivity index (χ0n) is 15.9. The van der Waals surface area contributed by atoms with Gasteiger partial charge in [-0.25, -0.2) is 4.79 Å². The molecular formula is C22H32O3. The molecule has 0 saturated carbocycles. The number of carbonyl (C=O) groups is 2. The molecule has 0 unspecified atom stereocenters. The first-order chi connectivity index (χ1) is 12.2. The molecule has 0 bridgehead atoms. The van der Waals surface area contributed by atoms with E-state index in [0.717, 1.165) is 56.9 Å². The fourth-order valence-electron chi connectivity index (χ4n) is 3.57. The van der Waals surface area contributed by atoms with E-state index in [-0.39, 0.29) is 5.78 Å². The average Bonchev–Trinajstić information content (AvgIpc) is 2.67. The fourth-order valence-corrected chi connectivity index (χ4v) is 3.57. The molecule has 0 aliphatic heterocycles. The lowest BCUT2D eigenvalue weighted by Gasteiger charge is -2.24. The van der Waals surface area contributed by atoms with Crippen molar-refractivity contribution in [2.45, 2.75) is 84.5 Å². The predicted molar refractivity (Wildman–Crippen MR) is 101 cm³/mol. The summed E-state index contributed by atoms with van der Waals surface area (Å²) in [5, 5.41) is 0. The molecule has 0 N–H and O–H groups in total. The quantitative estimate of drug-likeness (QED) is 0.189. The molecule has 0 aromatic rings. The van der Waals surface area contributed by atoms with Crippen LogP contribution in [0, 0.1) is 0 Å². The molecule has 0 spiro atoms. The van der Waals surface area contributed by atoms with Crippen molar-refractivity contribution in [3.8, 4) is 0 Å². The number of ether oxygens (including phenoxy) is 1. The predicted octanol–water partition coefficient (Wildman–Crippen LogP) is 5.61. The molecular weight excluding hydrogens is 312 g/mol. The first-order valence-corrected chi connectivity index (χ1v) is 10.0. The lowest BCUT2D eigenvalue weighted by atomic mass is 9.81. The highest BCUT2D eigenvalue weighted by Crippen LogP contribution is 2.36. The van der Waals surface area contributed by atoms with Gasteiger partial charge in [-0.3, -0.25) is 4.79 Å². The lowest BCUT2D eigenvalue weighted by molar-refractivity contribution is -0.140. The Balaban J connectivity index is 2.47. The van der Waals surface area contributed by atoms with Crippen LogP contribution < -0.4 is 0 Å². The summed E-state index contributed by atoms with van der Waals surface area (Å²) >= 11 is 0. The average molecular weight is 344 g/mol. The maximum atomic E-state index is 12.8. The second-order valence-corrected chi connectivity index (χ2v) is 6.97. The van der Waals surface area contributed by atoms with E-state index >= 15 is 0 Å². The second-order valence-electron chi connectivity index (χ2n) is 6.97. The highest BCUT2D eigenvalue weighted by molar-refractivity contribution is 6.19. The second kappa shape index (κ2) is 10.4. The van der Waals surface area contributed by atoms with Crippen molar-refractivity contribution in [3.63, 3.8) is 0 Å². The monoisotopic (exact) mass is 344 g/mol. The van der Waals surface area contributed by atoms with Gasteiger partial charge < -0.3 is 4.74 Å². The molecule has 0 atom stereocenters. The number of esters is 1. The zero-order chi connectivity index (χ0) is 18.1. The van der Waals surface area contributed by atoms with E-state index in [1.54, 1.807) is 0 Å². The van der Waals surface area contributed by atoms with Gasteiger partial charge in [-0.15, -0.1) is 0 Å². The van der Waals surface area contributed by atoms with Gasteiger partial charge >= 0.3 is 5.97 Å². The van der Waals surface area contributed by atoms with Crippen molar-refractivity contribution in [2.24, 2.45) is 0 Å². The van der Waals surface area contributed by atoms with Crippen LogP contribution in [-0.2, 0) is 14.3 Å². The van der Waals surface area contributed by atoms with E-state index in [4.69, 9.17) is 4.74 Å². The van der Waals surface area contributed by atoms with Crippen LogP contribution in [0.15, 0.2) is 34.4 Å². The molecule has 0 fully saturated rings. The van der Waals surface area contributed by atoms with Crippen LogP contribution in [0.2, 0.25) is 0 Å². The van der Waals surface area contributed by atoms with Crippen LogP contribution in [-0.4, -0.2) is 18.4 Å². The number of hydrogen-bond acceptors (Lipinski definition) is 3. The number of rotatable bonds is 8. The number of allylic oxidation sites excluding steroid dienone is 5. The molecule has 2 aliphatic carbocycles. The normalized spacial score (nSPS) is 17.4. The Hall–Kier alpha value is -1.64. The summed E-state index contributed by atoms with van der Waals surface area (Å²) in [5.41, 5.74) is 3.58. The van der Waals surface area contributed by atoms with Gasteiger partial charge in [0.2, 0.25) is 0 Å². The first-order valence-electron chi connectivity index (χ1n) is 10.0. The van der Waals surface area contributed by atoms with E-state index in [1.807, 2.05) is 6.92 Å². The fraction of sp³-hybridized carbons (Fsp3) is 0.636. The van der Waals surface area contributed by atoms with Gasteiger partial charge in [0.05, 0.1) is 6.61 Å². The summed E-state index contributed by atoms with van der Waals surface area (Å²) in [7, 11) is 0. The maximum absolute atomic E-state index is 12.8. The molecule has 2 aliphatic rings. The molecule has 25 heavy (non-hydrogen) atoms. The number of Topliss-reactive ketones (excluding diaryl/α,β-unsaturated/α-hetero) is 1. The summed E-state index contributed by atoms with van der Waals surface area (Å²) in [5.74, 6) is -0.511. The van der Waals surface area contributed by atoms with Gasteiger partial charge in [0, 0.05) is 6.42 Å². The molecule has 0 amide bonds. The van der Waals surface area contributed by atoms with Gasteiger partial charge in [0.1, 0.15) is 5.57 Å². The Kier molecular flexibility index (Phi) is 8.17. The van der Waals surface area contributed by atoms with Crippen molar-refractivity contribution in [1.82, 2.24) is 0 Å². The highest BCUT2D eigenvalue weighted by Gasteiger charge is 2.28. The van der Waals surface area contributed by atoms with E-state index in [1.165, 1.54) is 24.0 Å². The van der Waals surface area contributed by atoms with E-state index in [9.17, 15) is 9.59 Å². The smallest absolute Gasteiger partial charge is 0.342 e. The number of ketones is 1. The van der Waals surface area contributed by atoms with Crippen molar-refractivity contribution < 1.29 is 14.3 Å². The van der Waals surface area contributed by atoms with E-state index in [2.05, 4.69) is 19.1 Å². The van der Waals surface area contributed by atoms with Crippen LogP contribution in [0.25, 0.3) is 0 Å². The van der Waals surface area contributed by atoms with Gasteiger partial charge in [0.25, 0.3) is 0 Å². The van der Waals surface area contributed by atoms with Crippen LogP contribution in [0.4, 0.5) is 0 Å². The molecule has 138 valence electrons. The summed E-state index contributed by atoms with van der Waals surface area (Å²) in [6, 6.07) is 0.